The van der Waals surface area contributed by atoms with E-state index in [1.807, 2.05) is 78.7 Å². The molecule has 0 saturated carbocycles. The van der Waals surface area contributed by atoms with E-state index in [9.17, 15) is 14.4 Å². The number of nitrogens with one attached hydrogen (secondary N) is 1. The lowest BCUT2D eigenvalue weighted by Crippen LogP contribution is -2.49. The third-order valence-electron chi connectivity index (χ3n) is 9.11. The van der Waals surface area contributed by atoms with Gasteiger partial charge in [-0.05, 0) is 71.7 Å². The summed E-state index contributed by atoms with van der Waals surface area (Å²) in [5.74, 6) is -0.846. The molecular formula is C37H32N2O5. The first-order valence-corrected chi connectivity index (χ1v) is 14.9. The molecule has 0 radical (unpaired) electrons. The van der Waals surface area contributed by atoms with Crippen LogP contribution in [0.15, 0.2) is 103 Å². The number of para-hydroxylation sites is 2. The minimum atomic E-state index is -1.39. The number of hydrogen-bond donors (Lipinski definition) is 1. The monoisotopic (exact) mass is 584 g/mol. The second-order valence-electron chi connectivity index (χ2n) is 11.4. The van der Waals surface area contributed by atoms with E-state index in [2.05, 4.69) is 5.32 Å². The zero-order valence-electron chi connectivity index (χ0n) is 24.5. The van der Waals surface area contributed by atoms with E-state index in [1.54, 1.807) is 49.6 Å². The standard InChI is InChI=1S/C37H32N2O5/c1-3-22-44-30-15-9-6-12-27(30)34(41)32-31(33(40)24-16-18-25(43-2)19-17-24)37(28-13-7-8-14-29(28)38-36(37)42)35-26-11-5-4-10-23(26)20-21-39(32)35/h4-21,31-32,35H,3,22H2,1-2H3,(H,38,42)/t31-,32+,35+,37-/m0/s1. The van der Waals surface area contributed by atoms with Crippen molar-refractivity contribution in [3.63, 3.8) is 0 Å². The molecule has 0 unspecified atom stereocenters. The van der Waals surface area contributed by atoms with Gasteiger partial charge in [0.2, 0.25) is 5.91 Å². The van der Waals surface area contributed by atoms with Gasteiger partial charge in [0.1, 0.15) is 23.0 Å². The van der Waals surface area contributed by atoms with E-state index in [1.165, 1.54) is 0 Å². The highest BCUT2D eigenvalue weighted by Crippen LogP contribution is 2.62. The van der Waals surface area contributed by atoms with Crippen LogP contribution in [0.1, 0.15) is 56.8 Å². The van der Waals surface area contributed by atoms with Crippen molar-refractivity contribution >= 4 is 29.2 Å². The van der Waals surface area contributed by atoms with Gasteiger partial charge in [0, 0.05) is 17.5 Å². The smallest absolute Gasteiger partial charge is 0.238 e. The highest BCUT2D eigenvalue weighted by Gasteiger charge is 2.70. The quantitative estimate of drug-likeness (QED) is 0.239. The topological polar surface area (TPSA) is 84.9 Å². The second-order valence-corrected chi connectivity index (χ2v) is 11.4. The molecule has 1 spiro atoms. The summed E-state index contributed by atoms with van der Waals surface area (Å²) in [5, 5.41) is 3.09. The van der Waals surface area contributed by atoms with E-state index in [4.69, 9.17) is 9.47 Å². The molecule has 4 aromatic carbocycles. The minimum Gasteiger partial charge on any atom is -0.497 e. The molecule has 0 aliphatic carbocycles. The van der Waals surface area contributed by atoms with Crippen molar-refractivity contribution in [3.8, 4) is 11.5 Å². The van der Waals surface area contributed by atoms with Gasteiger partial charge >= 0.3 is 0 Å². The maximum absolute atomic E-state index is 15.0. The first-order valence-electron chi connectivity index (χ1n) is 14.9. The Morgan fingerprint density at radius 2 is 1.61 bits per heavy atom. The number of anilines is 1. The maximum Gasteiger partial charge on any atom is 0.238 e. The second kappa shape index (κ2) is 10.8. The van der Waals surface area contributed by atoms with Gasteiger partial charge in [0.15, 0.2) is 11.6 Å². The average Bonchev–Trinajstić information content (AvgIpc) is 3.55. The summed E-state index contributed by atoms with van der Waals surface area (Å²) in [4.78, 5) is 46.5. The van der Waals surface area contributed by atoms with Gasteiger partial charge in [-0.3, -0.25) is 14.4 Å². The molecular weight excluding hydrogens is 552 g/mol. The van der Waals surface area contributed by atoms with Crippen LogP contribution in [-0.2, 0) is 10.2 Å². The number of carbonyl (C=O) groups excluding carboxylic acids is 3. The molecule has 1 amide bonds. The van der Waals surface area contributed by atoms with Gasteiger partial charge in [-0.2, -0.15) is 0 Å². The SMILES string of the molecule is CCCOc1ccccc1C(=O)[C@H]1[C@@H](C(=O)c2ccc(OC)cc2)[C@]2(C(=O)Nc3ccccc32)[C@H]2c3ccccc3C=CN12. The number of benzene rings is 4. The highest BCUT2D eigenvalue weighted by atomic mass is 16.5. The van der Waals surface area contributed by atoms with Crippen molar-refractivity contribution in [2.75, 3.05) is 19.0 Å². The number of amides is 1. The number of fused-ring (bicyclic) bond motifs is 6. The largest absolute Gasteiger partial charge is 0.497 e. The van der Waals surface area contributed by atoms with Crippen LogP contribution >= 0.6 is 0 Å². The predicted octanol–water partition coefficient (Wildman–Crippen LogP) is 6.47. The van der Waals surface area contributed by atoms with Crippen molar-refractivity contribution in [1.82, 2.24) is 4.90 Å². The minimum absolute atomic E-state index is 0.272. The maximum atomic E-state index is 15.0. The third kappa shape index (κ3) is 3.99. The van der Waals surface area contributed by atoms with Crippen LogP contribution in [0.2, 0.25) is 0 Å². The van der Waals surface area contributed by atoms with E-state index in [0.29, 0.717) is 40.5 Å². The molecule has 7 rings (SSSR count). The fourth-order valence-electron chi connectivity index (χ4n) is 7.27. The number of hydrogen-bond acceptors (Lipinski definition) is 6. The van der Waals surface area contributed by atoms with Gasteiger partial charge in [0.25, 0.3) is 0 Å². The summed E-state index contributed by atoms with van der Waals surface area (Å²) in [6.45, 7) is 2.45. The summed E-state index contributed by atoms with van der Waals surface area (Å²) in [5.41, 5.74) is 2.58. The molecule has 0 aromatic heterocycles. The molecule has 4 atom stereocenters. The van der Waals surface area contributed by atoms with E-state index < -0.39 is 23.4 Å². The lowest BCUT2D eigenvalue weighted by atomic mass is 9.62. The zero-order valence-corrected chi connectivity index (χ0v) is 24.5. The zero-order chi connectivity index (χ0) is 30.4. The number of rotatable bonds is 8. The summed E-state index contributed by atoms with van der Waals surface area (Å²) in [7, 11) is 1.57. The molecule has 3 heterocycles. The summed E-state index contributed by atoms with van der Waals surface area (Å²) >= 11 is 0. The number of ketones is 2. The molecule has 7 nitrogen and oxygen atoms in total. The molecule has 1 fully saturated rings. The predicted molar refractivity (Wildman–Crippen MR) is 168 cm³/mol. The molecule has 1 saturated heterocycles. The summed E-state index contributed by atoms with van der Waals surface area (Å²) in [6.07, 6.45) is 4.61. The number of ether oxygens (including phenoxy) is 2. The molecule has 220 valence electrons. The van der Waals surface area contributed by atoms with E-state index >= 15 is 0 Å². The number of methoxy groups -OCH3 is 1. The lowest BCUT2D eigenvalue weighted by Gasteiger charge is -2.38. The molecule has 4 aromatic rings. The Kier molecular flexibility index (Phi) is 6.81. The van der Waals surface area contributed by atoms with Crippen molar-refractivity contribution in [2.24, 2.45) is 5.92 Å². The molecule has 3 aliphatic heterocycles. The van der Waals surface area contributed by atoms with Crippen molar-refractivity contribution in [3.05, 3.63) is 131 Å². The Morgan fingerprint density at radius 1 is 0.886 bits per heavy atom. The van der Waals surface area contributed by atoms with Crippen LogP contribution in [0.3, 0.4) is 0 Å². The van der Waals surface area contributed by atoms with Crippen LogP contribution in [0.4, 0.5) is 5.69 Å². The Bertz CT molecular complexity index is 1810. The van der Waals surface area contributed by atoms with Crippen molar-refractivity contribution in [2.45, 2.75) is 30.8 Å². The lowest BCUT2D eigenvalue weighted by molar-refractivity contribution is -0.122. The van der Waals surface area contributed by atoms with Gasteiger partial charge in [-0.25, -0.2) is 0 Å². The number of nitrogens with zero attached hydrogens (tertiary/aromatic N) is 1. The van der Waals surface area contributed by atoms with E-state index in [0.717, 1.165) is 17.5 Å². The highest BCUT2D eigenvalue weighted by molar-refractivity contribution is 6.17. The van der Waals surface area contributed by atoms with Crippen LogP contribution in [-0.4, -0.2) is 42.1 Å². The number of Topliss-reactive ketones (excluding diaryl/α,β-unsaturated/α-hetero) is 2. The average molecular weight is 585 g/mol. The van der Waals surface area contributed by atoms with Crippen LogP contribution in [0.5, 0.6) is 11.5 Å². The van der Waals surface area contributed by atoms with Gasteiger partial charge in [-0.15, -0.1) is 0 Å². The number of carbonyl (C=O) groups is 3. The first-order chi connectivity index (χ1) is 21.5. The summed E-state index contributed by atoms with van der Waals surface area (Å²) < 4.78 is 11.4. The molecule has 44 heavy (non-hydrogen) atoms. The molecule has 3 aliphatic rings. The van der Waals surface area contributed by atoms with Crippen molar-refractivity contribution in [1.29, 1.82) is 0 Å². The Balaban J connectivity index is 1.50. The third-order valence-corrected chi connectivity index (χ3v) is 9.11. The Hall–Kier alpha value is -5.17. The fourth-order valence-corrected chi connectivity index (χ4v) is 7.27. The molecule has 0 bridgehead atoms. The first kappa shape index (κ1) is 27.7. The van der Waals surface area contributed by atoms with Gasteiger partial charge < -0.3 is 19.7 Å². The fraction of sp³-hybridized carbons (Fsp3) is 0.216. The van der Waals surface area contributed by atoms with E-state index in [-0.39, 0.29) is 17.5 Å². The van der Waals surface area contributed by atoms with Gasteiger partial charge in [-0.1, -0.05) is 61.5 Å². The van der Waals surface area contributed by atoms with Gasteiger partial charge in [0.05, 0.1) is 31.2 Å². The summed E-state index contributed by atoms with van der Waals surface area (Å²) in [6, 6.07) is 27.8. The Labute approximate surface area is 256 Å². The van der Waals surface area contributed by atoms with Crippen LogP contribution in [0, 0.1) is 5.92 Å². The van der Waals surface area contributed by atoms with Crippen LogP contribution < -0.4 is 14.8 Å². The molecule has 1 N–H and O–H groups in total. The van der Waals surface area contributed by atoms with Crippen molar-refractivity contribution < 1.29 is 23.9 Å². The van der Waals surface area contributed by atoms with Crippen LogP contribution in [0.25, 0.3) is 6.08 Å². The molecule has 7 heteroatoms. The Morgan fingerprint density at radius 3 is 2.41 bits per heavy atom. The normalized spacial score (nSPS) is 22.6.